The first-order valence-electron chi connectivity index (χ1n) is 9.65. The summed E-state index contributed by atoms with van der Waals surface area (Å²) in [6.45, 7) is 1.79. The molecule has 0 aliphatic heterocycles. The molecule has 0 fully saturated rings. The molecule has 2 N–H and O–H groups in total. The molecule has 0 spiro atoms. The van der Waals surface area contributed by atoms with E-state index in [0.717, 1.165) is 16.5 Å². The van der Waals surface area contributed by atoms with Crippen molar-refractivity contribution in [3.8, 4) is 5.75 Å². The smallest absolute Gasteiger partial charge is 0.339 e. The molecule has 3 aromatic rings. The number of methoxy groups -OCH3 is 1. The van der Waals surface area contributed by atoms with Crippen molar-refractivity contribution in [3.63, 3.8) is 0 Å². The van der Waals surface area contributed by atoms with Crippen molar-refractivity contribution in [2.75, 3.05) is 7.11 Å². The fraction of sp³-hybridized carbons (Fsp3) is 0.261. The summed E-state index contributed by atoms with van der Waals surface area (Å²) < 4.78 is 10.5. The minimum atomic E-state index is -1.14. The van der Waals surface area contributed by atoms with Crippen LogP contribution in [0.4, 0.5) is 0 Å². The predicted octanol–water partition coefficient (Wildman–Crippen LogP) is 3.51. The highest BCUT2D eigenvalue weighted by Crippen LogP contribution is 2.24. The summed E-state index contributed by atoms with van der Waals surface area (Å²) in [5, 5.41) is 13.3. The first kappa shape index (κ1) is 22.4. The van der Waals surface area contributed by atoms with Crippen molar-refractivity contribution in [1.29, 1.82) is 0 Å². The van der Waals surface area contributed by atoms with Gasteiger partial charge in [0.15, 0.2) is 0 Å². The fourth-order valence-corrected chi connectivity index (χ4v) is 3.48. The summed E-state index contributed by atoms with van der Waals surface area (Å²) in [6.07, 6.45) is 0.212. The number of rotatable bonds is 8. The molecule has 1 aromatic heterocycles. The monoisotopic (exact) mass is 443 g/mol. The Morgan fingerprint density at radius 1 is 1.19 bits per heavy atom. The van der Waals surface area contributed by atoms with Crippen molar-refractivity contribution in [3.05, 3.63) is 74.6 Å². The second kappa shape index (κ2) is 9.66. The van der Waals surface area contributed by atoms with Gasteiger partial charge < -0.3 is 19.6 Å². The molecule has 1 amide bonds. The molecule has 1 heterocycles. The van der Waals surface area contributed by atoms with Crippen LogP contribution in [0, 0.1) is 6.92 Å². The molecular weight excluding hydrogens is 422 g/mol. The number of nitrogens with one attached hydrogen (secondary N) is 1. The van der Waals surface area contributed by atoms with Crippen LogP contribution in [0.15, 0.2) is 51.7 Å². The highest BCUT2D eigenvalue weighted by Gasteiger charge is 2.21. The number of ether oxygens (including phenoxy) is 1. The quantitative estimate of drug-likeness (QED) is 0.516. The van der Waals surface area contributed by atoms with Crippen molar-refractivity contribution < 1.29 is 23.8 Å². The van der Waals surface area contributed by atoms with Crippen LogP contribution in [-0.4, -0.2) is 30.1 Å². The molecule has 1 atom stereocenters. The number of carboxylic acid groups (broad SMARTS) is 1. The average molecular weight is 444 g/mol. The Hall–Kier alpha value is -3.32. The van der Waals surface area contributed by atoms with Gasteiger partial charge in [-0.3, -0.25) is 4.79 Å². The number of hydrogen-bond acceptors (Lipinski definition) is 5. The Kier molecular flexibility index (Phi) is 6.97. The normalized spacial score (nSPS) is 11.8. The molecule has 0 radical (unpaired) electrons. The van der Waals surface area contributed by atoms with Crippen LogP contribution < -0.4 is 15.7 Å². The van der Waals surface area contributed by atoms with Gasteiger partial charge in [0.25, 0.3) is 0 Å². The lowest BCUT2D eigenvalue weighted by Gasteiger charge is -2.15. The van der Waals surface area contributed by atoms with Crippen LogP contribution in [0.1, 0.15) is 23.1 Å². The zero-order valence-electron chi connectivity index (χ0n) is 17.1. The molecule has 0 saturated carbocycles. The number of benzene rings is 2. The van der Waals surface area contributed by atoms with Gasteiger partial charge in [-0.05, 0) is 48.7 Å². The summed E-state index contributed by atoms with van der Waals surface area (Å²) in [4.78, 5) is 36.4. The fourth-order valence-electron chi connectivity index (χ4n) is 3.35. The van der Waals surface area contributed by atoms with E-state index in [0.29, 0.717) is 21.9 Å². The van der Waals surface area contributed by atoms with E-state index in [1.807, 2.05) is 0 Å². The number of carboxylic acids is 1. The Bertz CT molecular complexity index is 1170. The van der Waals surface area contributed by atoms with Gasteiger partial charge in [0.2, 0.25) is 5.91 Å². The van der Waals surface area contributed by atoms with Crippen molar-refractivity contribution >= 4 is 34.4 Å². The van der Waals surface area contributed by atoms with Gasteiger partial charge in [0.05, 0.1) is 7.11 Å². The van der Waals surface area contributed by atoms with Crippen LogP contribution in [0.3, 0.4) is 0 Å². The third-order valence-electron chi connectivity index (χ3n) is 5.08. The maximum atomic E-state index is 12.4. The van der Waals surface area contributed by atoms with Crippen LogP contribution in [0.25, 0.3) is 11.0 Å². The zero-order chi connectivity index (χ0) is 22.5. The molecule has 31 heavy (non-hydrogen) atoms. The highest BCUT2D eigenvalue weighted by molar-refractivity contribution is 6.30. The lowest BCUT2D eigenvalue weighted by Crippen LogP contribution is -2.42. The third kappa shape index (κ3) is 5.44. The number of aliphatic carboxylic acids is 1. The summed E-state index contributed by atoms with van der Waals surface area (Å²) in [5.74, 6) is -1.03. The number of hydrogen-bond donors (Lipinski definition) is 2. The molecule has 162 valence electrons. The Morgan fingerprint density at radius 3 is 2.55 bits per heavy atom. The SMILES string of the molecule is COc1ccc2c(C)c(CCC(=O)NC(Cc3ccc(Cl)cc3)C(=O)O)c(=O)oc2c1. The first-order chi connectivity index (χ1) is 14.8. The van der Waals surface area contributed by atoms with Gasteiger partial charge in [-0.25, -0.2) is 9.59 Å². The van der Waals surface area contributed by atoms with Crippen LogP contribution >= 0.6 is 11.6 Å². The number of halogens is 1. The lowest BCUT2D eigenvalue weighted by molar-refractivity contribution is -0.141. The van der Waals surface area contributed by atoms with E-state index in [1.54, 1.807) is 49.4 Å². The molecular formula is C23H22ClNO6. The van der Waals surface area contributed by atoms with Gasteiger partial charge in [-0.2, -0.15) is 0 Å². The molecule has 0 aliphatic rings. The topological polar surface area (TPSA) is 106 Å². The highest BCUT2D eigenvalue weighted by atomic mass is 35.5. The maximum Gasteiger partial charge on any atom is 0.339 e. The lowest BCUT2D eigenvalue weighted by atomic mass is 10.0. The Morgan fingerprint density at radius 2 is 1.90 bits per heavy atom. The molecule has 2 aromatic carbocycles. The van der Waals surface area contributed by atoms with Gasteiger partial charge in [-0.1, -0.05) is 23.7 Å². The Labute approximate surface area is 183 Å². The number of amides is 1. The number of aryl methyl sites for hydroxylation is 1. The number of fused-ring (bicyclic) bond motifs is 1. The minimum Gasteiger partial charge on any atom is -0.497 e. The second-order valence-corrected chi connectivity index (χ2v) is 7.58. The summed E-state index contributed by atoms with van der Waals surface area (Å²) in [5.41, 5.74) is 1.72. The van der Waals surface area contributed by atoms with Crippen LogP contribution in [0.5, 0.6) is 5.75 Å². The van der Waals surface area contributed by atoms with Gasteiger partial charge in [0.1, 0.15) is 17.4 Å². The molecule has 1 unspecified atom stereocenters. The van der Waals surface area contributed by atoms with Crippen molar-refractivity contribution in [2.45, 2.75) is 32.2 Å². The van der Waals surface area contributed by atoms with Crippen molar-refractivity contribution in [2.24, 2.45) is 0 Å². The molecule has 8 heteroatoms. The minimum absolute atomic E-state index is 0.0440. The standard InChI is InChI=1S/C23H22ClNO6/c1-13-17-8-7-16(30-2)12-20(17)31-23(29)18(13)9-10-21(26)25-19(22(27)28)11-14-3-5-15(24)6-4-14/h3-8,12,19H,9-11H2,1-2H3,(H,25,26)(H,27,28). The van der Waals surface area contributed by atoms with E-state index in [9.17, 15) is 19.5 Å². The van der Waals surface area contributed by atoms with Crippen molar-refractivity contribution in [1.82, 2.24) is 5.32 Å². The van der Waals surface area contributed by atoms with E-state index < -0.39 is 23.5 Å². The van der Waals surface area contributed by atoms with E-state index in [4.69, 9.17) is 20.8 Å². The van der Waals surface area contributed by atoms with Gasteiger partial charge >= 0.3 is 11.6 Å². The number of carbonyl (C=O) groups is 2. The largest absolute Gasteiger partial charge is 0.497 e. The maximum absolute atomic E-state index is 12.4. The van der Waals surface area contributed by atoms with Gasteiger partial charge in [-0.15, -0.1) is 0 Å². The molecule has 0 saturated heterocycles. The summed E-state index contributed by atoms with van der Waals surface area (Å²) in [6, 6.07) is 10.8. The molecule has 7 nitrogen and oxygen atoms in total. The van der Waals surface area contributed by atoms with E-state index in [-0.39, 0.29) is 19.3 Å². The van der Waals surface area contributed by atoms with Crippen LogP contribution in [-0.2, 0) is 22.4 Å². The van der Waals surface area contributed by atoms with Gasteiger partial charge in [0, 0.05) is 34.9 Å². The summed E-state index contributed by atoms with van der Waals surface area (Å²) in [7, 11) is 1.52. The molecule has 3 rings (SSSR count). The first-order valence-corrected chi connectivity index (χ1v) is 10.0. The number of carbonyl (C=O) groups excluding carboxylic acids is 1. The second-order valence-electron chi connectivity index (χ2n) is 7.14. The average Bonchev–Trinajstić information content (AvgIpc) is 2.74. The zero-order valence-corrected chi connectivity index (χ0v) is 17.9. The van der Waals surface area contributed by atoms with Crippen LogP contribution in [0.2, 0.25) is 5.02 Å². The van der Waals surface area contributed by atoms with E-state index >= 15 is 0 Å². The molecule has 0 bridgehead atoms. The molecule has 0 aliphatic carbocycles. The van der Waals surface area contributed by atoms with E-state index in [1.165, 1.54) is 7.11 Å². The van der Waals surface area contributed by atoms with E-state index in [2.05, 4.69) is 5.32 Å². The predicted molar refractivity (Wildman–Crippen MR) is 117 cm³/mol. The third-order valence-corrected chi connectivity index (χ3v) is 5.33. The summed E-state index contributed by atoms with van der Waals surface area (Å²) >= 11 is 5.85. The Balaban J connectivity index is 1.70.